The summed E-state index contributed by atoms with van der Waals surface area (Å²) in [5.74, 6) is -0.275. The highest BCUT2D eigenvalue weighted by molar-refractivity contribution is 5.77. The quantitative estimate of drug-likeness (QED) is 0.774. The van der Waals surface area contributed by atoms with E-state index < -0.39 is 11.0 Å². The van der Waals surface area contributed by atoms with E-state index in [0.29, 0.717) is 19.4 Å². The maximum Gasteiger partial charge on any atom is 0.314 e. The van der Waals surface area contributed by atoms with Gasteiger partial charge < -0.3 is 9.84 Å². The van der Waals surface area contributed by atoms with Gasteiger partial charge in [-0.3, -0.25) is 4.79 Å². The Bertz CT molecular complexity index is 250. The predicted molar refractivity (Wildman–Crippen MR) is 67.7 cm³/mol. The first-order valence-corrected chi connectivity index (χ1v) is 6.83. The third-order valence-electron chi connectivity index (χ3n) is 4.13. The van der Waals surface area contributed by atoms with Crippen LogP contribution in [0.5, 0.6) is 0 Å². The molecule has 1 rings (SSSR count). The number of carbonyl (C=O) groups excluding carboxylic acids is 1. The Hall–Kier alpha value is -0.570. The minimum Gasteiger partial charge on any atom is -0.465 e. The van der Waals surface area contributed by atoms with Gasteiger partial charge in [0.25, 0.3) is 0 Å². The van der Waals surface area contributed by atoms with E-state index in [1.54, 1.807) is 6.92 Å². The Morgan fingerprint density at radius 3 is 2.12 bits per heavy atom. The molecule has 0 saturated heterocycles. The molecule has 0 heterocycles. The molecule has 0 amide bonds. The Kier molecular flexibility index (Phi) is 4.99. The summed E-state index contributed by atoms with van der Waals surface area (Å²) in [5.41, 5.74) is -1.71. The van der Waals surface area contributed by atoms with Gasteiger partial charge in [0.05, 0.1) is 17.6 Å². The molecule has 0 aromatic rings. The van der Waals surface area contributed by atoms with Gasteiger partial charge in [-0.15, -0.1) is 0 Å². The number of rotatable bonds is 3. The molecule has 100 valence electrons. The second-order valence-electron chi connectivity index (χ2n) is 5.64. The largest absolute Gasteiger partial charge is 0.465 e. The molecule has 0 aliphatic heterocycles. The van der Waals surface area contributed by atoms with E-state index in [1.807, 2.05) is 13.8 Å². The number of carbonyl (C=O) groups is 1. The zero-order valence-corrected chi connectivity index (χ0v) is 11.4. The maximum atomic E-state index is 12.0. The van der Waals surface area contributed by atoms with E-state index in [-0.39, 0.29) is 5.97 Å². The van der Waals surface area contributed by atoms with Gasteiger partial charge in [0.15, 0.2) is 0 Å². The summed E-state index contributed by atoms with van der Waals surface area (Å²) in [6, 6.07) is 0. The van der Waals surface area contributed by atoms with E-state index in [9.17, 15) is 9.90 Å². The van der Waals surface area contributed by atoms with Crippen molar-refractivity contribution in [1.29, 1.82) is 0 Å². The van der Waals surface area contributed by atoms with Crippen LogP contribution >= 0.6 is 0 Å². The molecule has 0 bridgehead atoms. The lowest BCUT2D eigenvalue weighted by molar-refractivity contribution is -0.173. The second kappa shape index (κ2) is 5.85. The van der Waals surface area contributed by atoms with Crippen molar-refractivity contribution in [2.45, 2.75) is 71.3 Å². The van der Waals surface area contributed by atoms with Gasteiger partial charge in [-0.25, -0.2) is 0 Å². The van der Waals surface area contributed by atoms with Crippen LogP contribution in [0.25, 0.3) is 0 Å². The first kappa shape index (κ1) is 14.5. The molecule has 0 radical (unpaired) electrons. The minimum atomic E-state index is -0.903. The van der Waals surface area contributed by atoms with Gasteiger partial charge in [0.2, 0.25) is 0 Å². The van der Waals surface area contributed by atoms with Crippen molar-refractivity contribution < 1.29 is 14.6 Å². The molecule has 0 atom stereocenters. The minimum absolute atomic E-state index is 0.275. The van der Waals surface area contributed by atoms with Crippen molar-refractivity contribution in [1.82, 2.24) is 0 Å². The molecular weight excluding hydrogens is 216 g/mol. The number of ether oxygens (including phenoxy) is 1. The zero-order chi connectivity index (χ0) is 12.9. The third-order valence-corrected chi connectivity index (χ3v) is 4.13. The van der Waals surface area contributed by atoms with Crippen LogP contribution in [0.4, 0.5) is 0 Å². The lowest BCUT2D eigenvalue weighted by Gasteiger charge is -2.42. The number of aliphatic hydroxyl groups is 1. The molecular formula is C14H26O3. The normalized spacial score (nSPS) is 21.4. The molecule has 1 N–H and O–H groups in total. The monoisotopic (exact) mass is 242 g/mol. The maximum absolute atomic E-state index is 12.0. The molecule has 0 aromatic heterocycles. The number of esters is 1. The molecule has 3 heteroatoms. The van der Waals surface area contributed by atoms with Crippen LogP contribution in [0.1, 0.15) is 65.7 Å². The lowest BCUT2D eigenvalue weighted by atomic mass is 9.68. The van der Waals surface area contributed by atoms with Crippen molar-refractivity contribution in [3.8, 4) is 0 Å². The summed E-state index contributed by atoms with van der Waals surface area (Å²) in [6.45, 7) is 5.80. The second-order valence-corrected chi connectivity index (χ2v) is 5.64. The van der Waals surface area contributed by atoms with E-state index in [4.69, 9.17) is 4.74 Å². The molecule has 1 aliphatic carbocycles. The first-order valence-electron chi connectivity index (χ1n) is 6.83. The fourth-order valence-electron chi connectivity index (χ4n) is 2.62. The van der Waals surface area contributed by atoms with Gasteiger partial charge in [0.1, 0.15) is 0 Å². The van der Waals surface area contributed by atoms with Crippen LogP contribution < -0.4 is 0 Å². The topological polar surface area (TPSA) is 46.5 Å². The van der Waals surface area contributed by atoms with Crippen LogP contribution in [-0.4, -0.2) is 23.3 Å². The highest BCUT2D eigenvalue weighted by Gasteiger charge is 2.49. The Labute approximate surface area is 105 Å². The fourth-order valence-corrected chi connectivity index (χ4v) is 2.62. The first-order chi connectivity index (χ1) is 7.94. The number of hydrogen-bond acceptors (Lipinski definition) is 3. The van der Waals surface area contributed by atoms with Crippen molar-refractivity contribution in [3.63, 3.8) is 0 Å². The summed E-state index contributed by atoms with van der Waals surface area (Å²) in [5, 5.41) is 10.8. The summed E-state index contributed by atoms with van der Waals surface area (Å²) >= 11 is 0. The third kappa shape index (κ3) is 3.21. The summed E-state index contributed by atoms with van der Waals surface area (Å²) in [6.07, 6.45) is 6.97. The van der Waals surface area contributed by atoms with Gasteiger partial charge in [-0.1, -0.05) is 32.1 Å². The molecule has 0 aromatic carbocycles. The van der Waals surface area contributed by atoms with Crippen molar-refractivity contribution in [2.75, 3.05) is 6.61 Å². The smallest absolute Gasteiger partial charge is 0.314 e. The van der Waals surface area contributed by atoms with Crippen LogP contribution in [0.3, 0.4) is 0 Å². The standard InChI is InChI=1S/C14H26O3/c1-4-17-12(15)13(2,3)14(16)10-8-6-5-7-9-11-14/h16H,4-11H2,1-3H3. The molecule has 0 unspecified atom stereocenters. The van der Waals surface area contributed by atoms with Gasteiger partial charge in [0, 0.05) is 0 Å². The highest BCUT2D eigenvalue weighted by atomic mass is 16.5. The average molecular weight is 242 g/mol. The molecule has 17 heavy (non-hydrogen) atoms. The van der Waals surface area contributed by atoms with Crippen LogP contribution in [0, 0.1) is 5.41 Å². The van der Waals surface area contributed by atoms with Crippen LogP contribution in [0.2, 0.25) is 0 Å². The molecule has 3 nitrogen and oxygen atoms in total. The van der Waals surface area contributed by atoms with Crippen molar-refractivity contribution in [3.05, 3.63) is 0 Å². The van der Waals surface area contributed by atoms with Crippen molar-refractivity contribution in [2.24, 2.45) is 5.41 Å². The molecule has 1 aliphatic rings. The van der Waals surface area contributed by atoms with E-state index in [2.05, 4.69) is 0 Å². The van der Waals surface area contributed by atoms with E-state index >= 15 is 0 Å². The molecule has 0 spiro atoms. The van der Waals surface area contributed by atoms with E-state index in [1.165, 1.54) is 6.42 Å². The Morgan fingerprint density at radius 2 is 1.65 bits per heavy atom. The number of hydrogen-bond donors (Lipinski definition) is 1. The average Bonchev–Trinajstić information content (AvgIpc) is 2.24. The highest BCUT2D eigenvalue weighted by Crippen LogP contribution is 2.41. The molecule has 1 fully saturated rings. The SMILES string of the molecule is CCOC(=O)C(C)(C)C1(O)CCCCCCC1. The predicted octanol–water partition coefficient (Wildman–Crippen LogP) is 3.05. The van der Waals surface area contributed by atoms with Gasteiger partial charge in [-0.05, 0) is 33.6 Å². The van der Waals surface area contributed by atoms with Gasteiger partial charge in [-0.2, -0.15) is 0 Å². The van der Waals surface area contributed by atoms with Crippen LogP contribution in [-0.2, 0) is 9.53 Å². The van der Waals surface area contributed by atoms with Gasteiger partial charge >= 0.3 is 5.97 Å². The summed E-state index contributed by atoms with van der Waals surface area (Å²) < 4.78 is 5.10. The lowest BCUT2D eigenvalue weighted by Crippen LogP contribution is -2.50. The van der Waals surface area contributed by atoms with E-state index in [0.717, 1.165) is 25.7 Å². The zero-order valence-electron chi connectivity index (χ0n) is 11.4. The van der Waals surface area contributed by atoms with Crippen LogP contribution in [0.15, 0.2) is 0 Å². The summed E-state index contributed by atoms with van der Waals surface area (Å²) in [7, 11) is 0. The fraction of sp³-hybridized carbons (Fsp3) is 0.929. The molecule has 1 saturated carbocycles. The van der Waals surface area contributed by atoms with Crippen molar-refractivity contribution >= 4 is 5.97 Å². The Morgan fingerprint density at radius 1 is 1.18 bits per heavy atom. The summed E-state index contributed by atoms with van der Waals surface area (Å²) in [4.78, 5) is 12.0. The Balaban J connectivity index is 2.80.